The zero-order valence-corrected chi connectivity index (χ0v) is 9.78. The molecule has 0 bridgehead atoms. The number of carbonyl (C=O) groups excluding carboxylic acids is 1. The van der Waals surface area contributed by atoms with Gasteiger partial charge in [0.1, 0.15) is 11.8 Å². The van der Waals surface area contributed by atoms with Gasteiger partial charge in [-0.15, -0.1) is 0 Å². The molecule has 0 fully saturated rings. The lowest BCUT2D eigenvalue weighted by atomic mass is 10.2. The molecule has 0 heterocycles. The first kappa shape index (κ1) is 14.0. The number of nitro benzene ring substituents is 1. The summed E-state index contributed by atoms with van der Waals surface area (Å²) in [5.41, 5.74) is 1.32. The summed E-state index contributed by atoms with van der Waals surface area (Å²) in [5, 5.41) is 28.1. The normalized spacial score (nSPS) is 10.9. The maximum Gasteiger partial charge on any atom is 0.297 e. The number of hydroxylamine groups is 1. The summed E-state index contributed by atoms with van der Waals surface area (Å²) in [6.45, 7) is 1.18. The van der Waals surface area contributed by atoms with Gasteiger partial charge in [0.15, 0.2) is 11.3 Å². The Morgan fingerprint density at radius 3 is 2.47 bits per heavy atom. The van der Waals surface area contributed by atoms with Crippen LogP contribution in [0.3, 0.4) is 0 Å². The van der Waals surface area contributed by atoms with Crippen molar-refractivity contribution in [3.8, 4) is 11.8 Å². The van der Waals surface area contributed by atoms with E-state index in [1.807, 2.05) is 5.48 Å². The zero-order chi connectivity index (χ0) is 14.4. The number of carbonyl (C=O) groups is 1. The smallest absolute Gasteiger partial charge is 0.297 e. The van der Waals surface area contributed by atoms with E-state index >= 15 is 0 Å². The molecule has 0 radical (unpaired) electrons. The summed E-state index contributed by atoms with van der Waals surface area (Å²) < 4.78 is 0. The topological polar surface area (TPSA) is 125 Å². The number of allylic oxidation sites excluding steroid dienone is 1. The standard InChI is InChI=1S/C11H9N3O5/c1-7(15)10(6-12)11(16)13-19-9-4-2-8(3-5-9)14(17)18/h2-5,15H,1H3,(H,13,16)/b10-7+. The monoisotopic (exact) mass is 263 g/mol. The number of non-ortho nitro benzene ring substituents is 1. The van der Waals surface area contributed by atoms with Crippen molar-refractivity contribution in [1.82, 2.24) is 5.48 Å². The van der Waals surface area contributed by atoms with Crippen LogP contribution in [0.15, 0.2) is 35.6 Å². The molecule has 0 unspecified atom stereocenters. The van der Waals surface area contributed by atoms with Crippen molar-refractivity contribution >= 4 is 11.6 Å². The number of nitrogens with one attached hydrogen (secondary N) is 1. The van der Waals surface area contributed by atoms with Gasteiger partial charge >= 0.3 is 0 Å². The van der Waals surface area contributed by atoms with Crippen LogP contribution in [0.4, 0.5) is 5.69 Å². The molecule has 1 amide bonds. The van der Waals surface area contributed by atoms with Gasteiger partial charge in [0, 0.05) is 12.1 Å². The highest BCUT2D eigenvalue weighted by Crippen LogP contribution is 2.16. The van der Waals surface area contributed by atoms with E-state index in [9.17, 15) is 14.9 Å². The van der Waals surface area contributed by atoms with E-state index in [0.717, 1.165) is 0 Å². The summed E-state index contributed by atoms with van der Waals surface area (Å²) in [6, 6.07) is 6.45. The minimum Gasteiger partial charge on any atom is -0.511 e. The third kappa shape index (κ3) is 3.71. The molecule has 0 saturated heterocycles. The number of hydrogen-bond donors (Lipinski definition) is 2. The molecular weight excluding hydrogens is 254 g/mol. The van der Waals surface area contributed by atoms with E-state index in [2.05, 4.69) is 0 Å². The fraction of sp³-hybridized carbons (Fsp3) is 0.0909. The molecule has 2 N–H and O–H groups in total. The van der Waals surface area contributed by atoms with Crippen molar-refractivity contribution in [3.63, 3.8) is 0 Å². The number of benzene rings is 1. The Morgan fingerprint density at radius 1 is 1.47 bits per heavy atom. The third-order valence-electron chi connectivity index (χ3n) is 2.01. The van der Waals surface area contributed by atoms with Crippen LogP contribution in [0.1, 0.15) is 6.92 Å². The van der Waals surface area contributed by atoms with Gasteiger partial charge in [-0.1, -0.05) is 0 Å². The second kappa shape index (κ2) is 6.02. The van der Waals surface area contributed by atoms with Crippen molar-refractivity contribution in [2.45, 2.75) is 6.92 Å². The van der Waals surface area contributed by atoms with Gasteiger partial charge < -0.3 is 9.94 Å². The average molecular weight is 263 g/mol. The third-order valence-corrected chi connectivity index (χ3v) is 2.01. The molecule has 8 heteroatoms. The highest BCUT2D eigenvalue weighted by molar-refractivity contribution is 5.97. The first-order valence-electron chi connectivity index (χ1n) is 4.97. The number of nitro groups is 1. The molecule has 0 aliphatic heterocycles. The Balaban J connectivity index is 2.68. The lowest BCUT2D eigenvalue weighted by Crippen LogP contribution is -2.28. The molecule has 1 aromatic carbocycles. The van der Waals surface area contributed by atoms with Crippen LogP contribution >= 0.6 is 0 Å². The van der Waals surface area contributed by atoms with Crippen molar-refractivity contribution in [2.24, 2.45) is 0 Å². The van der Waals surface area contributed by atoms with Gasteiger partial charge in [0.25, 0.3) is 11.6 Å². The number of amides is 1. The molecule has 0 aliphatic carbocycles. The molecule has 19 heavy (non-hydrogen) atoms. The van der Waals surface area contributed by atoms with Crippen LogP contribution in [0.2, 0.25) is 0 Å². The number of hydrogen-bond acceptors (Lipinski definition) is 6. The summed E-state index contributed by atoms with van der Waals surface area (Å²) in [7, 11) is 0. The lowest BCUT2D eigenvalue weighted by molar-refractivity contribution is -0.384. The Bertz CT molecular complexity index is 567. The van der Waals surface area contributed by atoms with Gasteiger partial charge in [-0.25, -0.2) is 0 Å². The average Bonchev–Trinajstić information content (AvgIpc) is 2.37. The Labute approximate surface area is 107 Å². The first-order valence-corrected chi connectivity index (χ1v) is 4.97. The van der Waals surface area contributed by atoms with Gasteiger partial charge in [-0.3, -0.25) is 14.9 Å². The molecule has 8 nitrogen and oxygen atoms in total. The Hall–Kier alpha value is -3.08. The number of nitriles is 1. The fourth-order valence-corrected chi connectivity index (χ4v) is 1.09. The van der Waals surface area contributed by atoms with Crippen LogP contribution in [0, 0.1) is 21.4 Å². The minimum atomic E-state index is -0.916. The molecule has 0 saturated carbocycles. The van der Waals surface area contributed by atoms with Crippen molar-refractivity contribution in [3.05, 3.63) is 45.7 Å². The highest BCUT2D eigenvalue weighted by Gasteiger charge is 2.13. The Kier molecular flexibility index (Phi) is 4.43. The van der Waals surface area contributed by atoms with Gasteiger partial charge in [-0.2, -0.15) is 10.7 Å². The van der Waals surface area contributed by atoms with Gasteiger partial charge in [0.05, 0.1) is 4.92 Å². The maximum absolute atomic E-state index is 11.4. The van der Waals surface area contributed by atoms with E-state index in [1.54, 1.807) is 0 Å². The largest absolute Gasteiger partial charge is 0.511 e. The number of aliphatic hydroxyl groups excluding tert-OH is 1. The van der Waals surface area contributed by atoms with E-state index < -0.39 is 22.2 Å². The molecular formula is C11H9N3O5. The molecule has 0 spiro atoms. The molecule has 1 rings (SSSR count). The zero-order valence-electron chi connectivity index (χ0n) is 9.78. The number of aliphatic hydroxyl groups is 1. The quantitative estimate of drug-likeness (QED) is 0.278. The second-order valence-electron chi connectivity index (χ2n) is 3.36. The molecule has 0 aliphatic rings. The number of rotatable bonds is 4. The molecule has 0 atom stereocenters. The number of nitrogens with zero attached hydrogens (tertiary/aromatic N) is 2. The SMILES string of the molecule is C/C(O)=C(/C#N)C(=O)NOc1ccc([N+](=O)[O-])cc1. The van der Waals surface area contributed by atoms with E-state index in [1.165, 1.54) is 37.3 Å². The van der Waals surface area contributed by atoms with Crippen LogP contribution in [-0.2, 0) is 4.79 Å². The van der Waals surface area contributed by atoms with Crippen molar-refractivity contribution < 1.29 is 19.7 Å². The van der Waals surface area contributed by atoms with Crippen molar-refractivity contribution in [2.75, 3.05) is 0 Å². The summed E-state index contributed by atoms with van der Waals surface area (Å²) in [5.74, 6) is -1.21. The fourth-order valence-electron chi connectivity index (χ4n) is 1.09. The lowest BCUT2D eigenvalue weighted by Gasteiger charge is -2.06. The van der Waals surface area contributed by atoms with Crippen LogP contribution < -0.4 is 10.3 Å². The van der Waals surface area contributed by atoms with Crippen LogP contribution in [-0.4, -0.2) is 15.9 Å². The van der Waals surface area contributed by atoms with E-state index in [0.29, 0.717) is 0 Å². The maximum atomic E-state index is 11.4. The van der Waals surface area contributed by atoms with Gasteiger partial charge in [-0.05, 0) is 19.1 Å². The van der Waals surface area contributed by atoms with Gasteiger partial charge in [0.2, 0.25) is 0 Å². The molecule has 1 aromatic rings. The Morgan fingerprint density at radius 2 is 2.05 bits per heavy atom. The second-order valence-corrected chi connectivity index (χ2v) is 3.36. The highest BCUT2D eigenvalue weighted by atomic mass is 16.7. The predicted molar refractivity (Wildman–Crippen MR) is 62.8 cm³/mol. The predicted octanol–water partition coefficient (Wildman–Crippen LogP) is 1.36. The van der Waals surface area contributed by atoms with E-state index in [4.69, 9.17) is 15.2 Å². The molecule has 0 aromatic heterocycles. The van der Waals surface area contributed by atoms with Crippen LogP contribution in [0.25, 0.3) is 0 Å². The summed E-state index contributed by atoms with van der Waals surface area (Å²) in [6.07, 6.45) is 0. The van der Waals surface area contributed by atoms with E-state index in [-0.39, 0.29) is 11.4 Å². The van der Waals surface area contributed by atoms with Crippen molar-refractivity contribution in [1.29, 1.82) is 5.26 Å². The molecule has 98 valence electrons. The summed E-state index contributed by atoms with van der Waals surface area (Å²) >= 11 is 0. The summed E-state index contributed by atoms with van der Waals surface area (Å²) in [4.78, 5) is 26.0. The van der Waals surface area contributed by atoms with Crippen LogP contribution in [0.5, 0.6) is 5.75 Å². The minimum absolute atomic E-state index is 0.123. The first-order chi connectivity index (χ1) is 8.95.